The van der Waals surface area contributed by atoms with Crippen LogP contribution in [0.5, 0.6) is 11.5 Å². The number of rotatable bonds is 5. The molecule has 0 fully saturated rings. The molecule has 0 spiro atoms. The van der Waals surface area contributed by atoms with Crippen LogP contribution in [0.2, 0.25) is 0 Å². The van der Waals surface area contributed by atoms with Crippen LogP contribution in [0, 0.1) is 0 Å². The second kappa shape index (κ2) is 7.45. The SMILES string of the molecule is CCc1ccc2c(CN(C)C[C@@H]3COc4ccccc4O3)cc(=O)oc2c1. The maximum atomic E-state index is 12.0. The van der Waals surface area contributed by atoms with E-state index in [1.807, 2.05) is 43.4 Å². The molecule has 0 saturated carbocycles. The molecule has 1 aliphatic heterocycles. The van der Waals surface area contributed by atoms with Crippen molar-refractivity contribution in [2.45, 2.75) is 26.0 Å². The summed E-state index contributed by atoms with van der Waals surface area (Å²) in [6.45, 7) is 3.93. The predicted octanol–water partition coefficient (Wildman–Crippen LogP) is 3.63. The van der Waals surface area contributed by atoms with Gasteiger partial charge in [-0.25, -0.2) is 4.79 Å². The van der Waals surface area contributed by atoms with Crippen molar-refractivity contribution in [1.29, 1.82) is 0 Å². The summed E-state index contributed by atoms with van der Waals surface area (Å²) in [7, 11) is 2.02. The molecule has 5 nitrogen and oxygen atoms in total. The van der Waals surface area contributed by atoms with Crippen LogP contribution in [0.1, 0.15) is 18.1 Å². The molecule has 3 aromatic rings. The van der Waals surface area contributed by atoms with Gasteiger partial charge in [-0.15, -0.1) is 0 Å². The summed E-state index contributed by atoms with van der Waals surface area (Å²) < 4.78 is 17.2. The third-order valence-electron chi connectivity index (χ3n) is 4.83. The lowest BCUT2D eigenvalue weighted by molar-refractivity contribution is 0.0639. The van der Waals surface area contributed by atoms with Crippen LogP contribution in [0.4, 0.5) is 0 Å². The van der Waals surface area contributed by atoms with Gasteiger partial charge in [0, 0.05) is 24.5 Å². The van der Waals surface area contributed by atoms with Gasteiger partial charge in [0.05, 0.1) is 0 Å². The van der Waals surface area contributed by atoms with Crippen molar-refractivity contribution in [3.05, 3.63) is 70.1 Å². The number of hydrogen-bond acceptors (Lipinski definition) is 5. The Balaban J connectivity index is 1.50. The van der Waals surface area contributed by atoms with Crippen LogP contribution in [0.25, 0.3) is 11.0 Å². The first-order valence-electron chi connectivity index (χ1n) is 9.25. The molecule has 0 aliphatic carbocycles. The highest BCUT2D eigenvalue weighted by Crippen LogP contribution is 2.31. The van der Waals surface area contributed by atoms with Crippen molar-refractivity contribution in [2.24, 2.45) is 0 Å². The first-order valence-corrected chi connectivity index (χ1v) is 9.25. The Hall–Kier alpha value is -2.79. The molecule has 2 heterocycles. The molecule has 0 saturated heterocycles. The summed E-state index contributed by atoms with van der Waals surface area (Å²) in [6, 6.07) is 15.4. The monoisotopic (exact) mass is 365 g/mol. The maximum Gasteiger partial charge on any atom is 0.336 e. The summed E-state index contributed by atoms with van der Waals surface area (Å²) in [5.74, 6) is 1.56. The van der Waals surface area contributed by atoms with Crippen molar-refractivity contribution in [3.8, 4) is 11.5 Å². The molecule has 1 atom stereocenters. The Morgan fingerprint density at radius 1 is 1.11 bits per heavy atom. The van der Waals surface area contributed by atoms with Crippen molar-refractivity contribution in [2.75, 3.05) is 20.2 Å². The molecule has 4 rings (SSSR count). The molecule has 0 bridgehead atoms. The number of ether oxygens (including phenoxy) is 2. The van der Waals surface area contributed by atoms with E-state index in [9.17, 15) is 4.79 Å². The molecule has 1 aliphatic rings. The summed E-state index contributed by atoms with van der Waals surface area (Å²) in [5, 5.41) is 0.977. The van der Waals surface area contributed by atoms with Gasteiger partial charge in [-0.1, -0.05) is 31.2 Å². The Morgan fingerprint density at radius 2 is 1.93 bits per heavy atom. The lowest BCUT2D eigenvalue weighted by atomic mass is 10.1. The fourth-order valence-corrected chi connectivity index (χ4v) is 3.48. The van der Waals surface area contributed by atoms with Gasteiger partial charge in [0.1, 0.15) is 18.3 Å². The van der Waals surface area contributed by atoms with Crippen molar-refractivity contribution >= 4 is 11.0 Å². The highest BCUT2D eigenvalue weighted by molar-refractivity contribution is 5.80. The van der Waals surface area contributed by atoms with Crippen molar-refractivity contribution in [1.82, 2.24) is 4.90 Å². The van der Waals surface area contributed by atoms with Crippen LogP contribution in [-0.2, 0) is 13.0 Å². The molecule has 0 unspecified atom stereocenters. The van der Waals surface area contributed by atoms with E-state index >= 15 is 0 Å². The van der Waals surface area contributed by atoms with E-state index in [-0.39, 0.29) is 11.7 Å². The average molecular weight is 365 g/mol. The zero-order valence-corrected chi connectivity index (χ0v) is 15.6. The van der Waals surface area contributed by atoms with Gasteiger partial charge in [0.15, 0.2) is 11.5 Å². The average Bonchev–Trinajstić information content (AvgIpc) is 2.67. The second-order valence-electron chi connectivity index (χ2n) is 6.97. The number of benzene rings is 2. The number of nitrogens with zero attached hydrogens (tertiary/aromatic N) is 1. The first kappa shape index (κ1) is 17.6. The molecule has 0 amide bonds. The van der Waals surface area contributed by atoms with Crippen LogP contribution >= 0.6 is 0 Å². The third-order valence-corrected chi connectivity index (χ3v) is 4.83. The highest BCUT2D eigenvalue weighted by Gasteiger charge is 2.22. The van der Waals surface area contributed by atoms with E-state index in [4.69, 9.17) is 13.9 Å². The Morgan fingerprint density at radius 3 is 2.74 bits per heavy atom. The lowest BCUT2D eigenvalue weighted by Crippen LogP contribution is -2.39. The quantitative estimate of drug-likeness (QED) is 0.646. The number of hydrogen-bond donors (Lipinski definition) is 0. The van der Waals surface area contributed by atoms with E-state index < -0.39 is 0 Å². The van der Waals surface area contributed by atoms with E-state index in [0.29, 0.717) is 25.3 Å². The van der Waals surface area contributed by atoms with Crippen LogP contribution in [-0.4, -0.2) is 31.2 Å². The Kier molecular flexibility index (Phi) is 4.86. The van der Waals surface area contributed by atoms with Gasteiger partial charge < -0.3 is 13.9 Å². The number of aryl methyl sites for hydroxylation is 1. The zero-order valence-electron chi connectivity index (χ0n) is 15.6. The largest absolute Gasteiger partial charge is 0.486 e. The molecule has 2 aromatic carbocycles. The summed E-state index contributed by atoms with van der Waals surface area (Å²) in [5.41, 5.74) is 2.45. The topological polar surface area (TPSA) is 51.9 Å². The summed E-state index contributed by atoms with van der Waals surface area (Å²) in [6.07, 6.45) is 0.854. The molecule has 5 heteroatoms. The molecular weight excluding hydrogens is 342 g/mol. The predicted molar refractivity (Wildman–Crippen MR) is 105 cm³/mol. The fraction of sp³-hybridized carbons (Fsp3) is 0.318. The molecular formula is C22H23NO4. The lowest BCUT2D eigenvalue weighted by Gasteiger charge is -2.29. The van der Waals surface area contributed by atoms with E-state index in [2.05, 4.69) is 17.9 Å². The Bertz CT molecular complexity index is 1010. The van der Waals surface area contributed by atoms with Gasteiger partial charge in [-0.2, -0.15) is 0 Å². The van der Waals surface area contributed by atoms with E-state index in [1.54, 1.807) is 6.07 Å². The zero-order chi connectivity index (χ0) is 18.8. The fourth-order valence-electron chi connectivity index (χ4n) is 3.48. The van der Waals surface area contributed by atoms with E-state index in [1.165, 1.54) is 0 Å². The van der Waals surface area contributed by atoms with Gasteiger partial charge in [-0.05, 0) is 42.8 Å². The van der Waals surface area contributed by atoms with Crippen LogP contribution in [0.15, 0.2) is 57.7 Å². The number of likely N-dealkylation sites (N-methyl/N-ethyl adjacent to an activating group) is 1. The van der Waals surface area contributed by atoms with Crippen molar-refractivity contribution < 1.29 is 13.9 Å². The second-order valence-corrected chi connectivity index (χ2v) is 6.97. The van der Waals surface area contributed by atoms with Crippen LogP contribution in [0.3, 0.4) is 0 Å². The summed E-state index contributed by atoms with van der Waals surface area (Å²) >= 11 is 0. The Labute approximate surface area is 158 Å². The van der Waals surface area contributed by atoms with Gasteiger partial charge >= 0.3 is 5.63 Å². The molecule has 140 valence electrons. The number of para-hydroxylation sites is 2. The minimum atomic E-state index is -0.315. The number of fused-ring (bicyclic) bond motifs is 2. The summed E-state index contributed by atoms with van der Waals surface area (Å²) in [4.78, 5) is 14.1. The van der Waals surface area contributed by atoms with E-state index in [0.717, 1.165) is 34.4 Å². The molecule has 0 N–H and O–H groups in total. The molecule has 27 heavy (non-hydrogen) atoms. The normalized spacial score (nSPS) is 16.0. The third kappa shape index (κ3) is 3.83. The smallest absolute Gasteiger partial charge is 0.336 e. The maximum absolute atomic E-state index is 12.0. The standard InChI is InChI=1S/C22H23NO4/c1-3-15-8-9-18-16(11-22(24)27-21(18)10-15)12-23(2)13-17-14-25-19-6-4-5-7-20(19)26-17/h4-11,17H,3,12-14H2,1-2H3/t17-/m1/s1. The minimum Gasteiger partial charge on any atom is -0.486 e. The minimum absolute atomic E-state index is 0.0528. The van der Waals surface area contributed by atoms with Gasteiger partial charge in [0.25, 0.3) is 0 Å². The highest BCUT2D eigenvalue weighted by atomic mass is 16.6. The molecule has 0 radical (unpaired) electrons. The molecule has 1 aromatic heterocycles. The van der Waals surface area contributed by atoms with Crippen LogP contribution < -0.4 is 15.1 Å². The van der Waals surface area contributed by atoms with Gasteiger partial charge in [0.2, 0.25) is 0 Å². The first-order chi connectivity index (χ1) is 13.1. The van der Waals surface area contributed by atoms with Gasteiger partial charge in [-0.3, -0.25) is 4.90 Å². The van der Waals surface area contributed by atoms with Crippen molar-refractivity contribution in [3.63, 3.8) is 0 Å².